The zero-order valence-corrected chi connectivity index (χ0v) is 12.0. The molecule has 0 aliphatic heterocycles. The van der Waals surface area contributed by atoms with Gasteiger partial charge in [-0.3, -0.25) is 10.1 Å². The fraction of sp³-hybridized carbons (Fsp3) is 0.286. The zero-order valence-electron chi connectivity index (χ0n) is 12.0. The van der Waals surface area contributed by atoms with Gasteiger partial charge in [-0.25, -0.2) is 9.97 Å². The Morgan fingerprint density at radius 2 is 1.86 bits per heavy atom. The molecule has 110 valence electrons. The lowest BCUT2D eigenvalue weighted by Gasteiger charge is -2.10. The average Bonchev–Trinajstić information content (AvgIpc) is 2.52. The van der Waals surface area contributed by atoms with E-state index in [1.54, 1.807) is 7.05 Å². The maximum Gasteiger partial charge on any atom is 0.353 e. The van der Waals surface area contributed by atoms with Gasteiger partial charge in [0.2, 0.25) is 11.6 Å². The van der Waals surface area contributed by atoms with Crippen LogP contribution in [-0.4, -0.2) is 21.9 Å². The van der Waals surface area contributed by atoms with E-state index in [9.17, 15) is 10.1 Å². The second-order valence-electron chi connectivity index (χ2n) is 4.40. The Balaban J connectivity index is 2.26. The van der Waals surface area contributed by atoms with Gasteiger partial charge in [0.05, 0.1) is 4.92 Å². The molecule has 2 N–H and O–H groups in total. The Morgan fingerprint density at radius 3 is 2.48 bits per heavy atom. The number of anilines is 2. The first kappa shape index (κ1) is 14.7. The van der Waals surface area contributed by atoms with Gasteiger partial charge in [-0.05, 0) is 17.5 Å². The van der Waals surface area contributed by atoms with Crippen molar-refractivity contribution in [1.82, 2.24) is 9.97 Å². The highest BCUT2D eigenvalue weighted by molar-refractivity contribution is 5.69. The van der Waals surface area contributed by atoms with Crippen LogP contribution in [0.15, 0.2) is 30.6 Å². The third-order valence-corrected chi connectivity index (χ3v) is 3.19. The molecule has 1 aromatic carbocycles. The molecule has 0 atom stereocenters. The van der Waals surface area contributed by atoms with Crippen LogP contribution in [0.2, 0.25) is 0 Å². The average molecular weight is 287 g/mol. The molecular weight excluding hydrogens is 270 g/mol. The van der Waals surface area contributed by atoms with Gasteiger partial charge in [-0.1, -0.05) is 31.2 Å². The van der Waals surface area contributed by atoms with Gasteiger partial charge < -0.3 is 10.6 Å². The maximum absolute atomic E-state index is 11.2. The van der Waals surface area contributed by atoms with E-state index in [4.69, 9.17) is 0 Å². The molecule has 7 nitrogen and oxygen atoms in total. The van der Waals surface area contributed by atoms with Crippen molar-refractivity contribution in [2.45, 2.75) is 19.9 Å². The summed E-state index contributed by atoms with van der Waals surface area (Å²) in [5.74, 6) is 0.409. The normalized spacial score (nSPS) is 10.2. The predicted octanol–water partition coefficient (Wildman–Crippen LogP) is 2.60. The second-order valence-corrected chi connectivity index (χ2v) is 4.40. The first-order valence-electron chi connectivity index (χ1n) is 6.65. The molecule has 0 fully saturated rings. The molecule has 0 amide bonds. The minimum Gasteiger partial charge on any atom is -0.367 e. The lowest BCUT2D eigenvalue weighted by molar-refractivity contribution is -0.383. The highest BCUT2D eigenvalue weighted by Crippen LogP contribution is 2.28. The number of nitrogens with one attached hydrogen (secondary N) is 2. The minimum absolute atomic E-state index is 0.144. The van der Waals surface area contributed by atoms with Gasteiger partial charge in [0, 0.05) is 13.6 Å². The van der Waals surface area contributed by atoms with E-state index in [0.717, 1.165) is 12.0 Å². The van der Waals surface area contributed by atoms with E-state index < -0.39 is 4.92 Å². The summed E-state index contributed by atoms with van der Waals surface area (Å²) in [4.78, 5) is 18.5. The largest absolute Gasteiger partial charge is 0.367 e. The van der Waals surface area contributed by atoms with Crippen molar-refractivity contribution in [3.8, 4) is 0 Å². The molecule has 21 heavy (non-hydrogen) atoms. The van der Waals surface area contributed by atoms with Crippen molar-refractivity contribution in [2.24, 2.45) is 0 Å². The summed E-state index contributed by atoms with van der Waals surface area (Å²) in [5.41, 5.74) is 2.16. The van der Waals surface area contributed by atoms with Crippen molar-refractivity contribution < 1.29 is 4.92 Å². The van der Waals surface area contributed by atoms with E-state index in [2.05, 4.69) is 27.5 Å². The quantitative estimate of drug-likeness (QED) is 0.626. The molecule has 0 saturated carbocycles. The smallest absolute Gasteiger partial charge is 0.353 e. The van der Waals surface area contributed by atoms with Crippen molar-refractivity contribution >= 4 is 17.3 Å². The number of aromatic nitrogens is 2. The Morgan fingerprint density at radius 1 is 1.19 bits per heavy atom. The van der Waals surface area contributed by atoms with E-state index in [0.29, 0.717) is 6.54 Å². The molecule has 2 aromatic rings. The molecule has 0 unspecified atom stereocenters. The number of rotatable bonds is 6. The number of hydrogen-bond acceptors (Lipinski definition) is 6. The van der Waals surface area contributed by atoms with Gasteiger partial charge in [0.25, 0.3) is 0 Å². The standard InChI is InChI=1S/C14H17N5O2/c1-3-10-6-4-5-7-11(10)8-16-14-12(19(20)21)13(15-2)17-9-18-14/h4-7,9H,3,8H2,1-2H3,(H2,15,16,17,18). The van der Waals surface area contributed by atoms with Gasteiger partial charge >= 0.3 is 5.69 Å². The fourth-order valence-electron chi connectivity index (χ4n) is 2.12. The molecule has 1 aromatic heterocycles. The van der Waals surface area contributed by atoms with Gasteiger partial charge in [-0.2, -0.15) is 0 Å². The number of nitrogens with zero attached hydrogens (tertiary/aromatic N) is 3. The number of aryl methyl sites for hydroxylation is 1. The molecular formula is C14H17N5O2. The van der Waals surface area contributed by atoms with Crippen LogP contribution >= 0.6 is 0 Å². The molecule has 0 aliphatic carbocycles. The summed E-state index contributed by atoms with van der Waals surface area (Å²) in [7, 11) is 1.59. The number of hydrogen-bond donors (Lipinski definition) is 2. The lowest BCUT2D eigenvalue weighted by atomic mass is 10.1. The highest BCUT2D eigenvalue weighted by Gasteiger charge is 2.21. The summed E-state index contributed by atoms with van der Waals surface area (Å²) in [6.45, 7) is 2.55. The Bertz CT molecular complexity index is 645. The summed E-state index contributed by atoms with van der Waals surface area (Å²) in [6, 6.07) is 7.97. The number of benzene rings is 1. The predicted molar refractivity (Wildman–Crippen MR) is 81.4 cm³/mol. The van der Waals surface area contributed by atoms with E-state index in [1.807, 2.05) is 24.3 Å². The van der Waals surface area contributed by atoms with Crippen LogP contribution in [0.1, 0.15) is 18.1 Å². The molecule has 0 radical (unpaired) electrons. The Labute approximate surface area is 122 Å². The molecule has 0 spiro atoms. The zero-order chi connectivity index (χ0) is 15.2. The lowest BCUT2D eigenvalue weighted by Crippen LogP contribution is -2.09. The maximum atomic E-state index is 11.2. The topological polar surface area (TPSA) is 93.0 Å². The van der Waals surface area contributed by atoms with Gasteiger partial charge in [-0.15, -0.1) is 0 Å². The fourth-order valence-corrected chi connectivity index (χ4v) is 2.12. The van der Waals surface area contributed by atoms with Crippen LogP contribution in [-0.2, 0) is 13.0 Å². The molecule has 2 rings (SSSR count). The van der Waals surface area contributed by atoms with E-state index in [-0.39, 0.29) is 17.3 Å². The van der Waals surface area contributed by atoms with Crippen molar-refractivity contribution in [3.05, 3.63) is 51.8 Å². The molecule has 0 saturated heterocycles. The third-order valence-electron chi connectivity index (χ3n) is 3.19. The Kier molecular flexibility index (Phi) is 4.65. The molecule has 0 bridgehead atoms. The van der Waals surface area contributed by atoms with Crippen LogP contribution in [0.3, 0.4) is 0 Å². The first-order chi connectivity index (χ1) is 10.2. The molecule has 1 heterocycles. The highest BCUT2D eigenvalue weighted by atomic mass is 16.6. The molecule has 0 aliphatic rings. The van der Waals surface area contributed by atoms with Gasteiger partial charge in [0.15, 0.2) is 0 Å². The summed E-state index contributed by atoms with van der Waals surface area (Å²) >= 11 is 0. The second kappa shape index (κ2) is 6.65. The first-order valence-corrected chi connectivity index (χ1v) is 6.65. The minimum atomic E-state index is -0.486. The Hall–Kier alpha value is -2.70. The monoisotopic (exact) mass is 287 g/mol. The van der Waals surface area contributed by atoms with Crippen molar-refractivity contribution in [2.75, 3.05) is 17.7 Å². The summed E-state index contributed by atoms with van der Waals surface area (Å²) in [5, 5.41) is 16.9. The van der Waals surface area contributed by atoms with E-state index >= 15 is 0 Å². The SMILES string of the molecule is CCc1ccccc1CNc1ncnc(NC)c1[N+](=O)[O-]. The summed E-state index contributed by atoms with van der Waals surface area (Å²) in [6.07, 6.45) is 2.21. The van der Waals surface area contributed by atoms with Crippen LogP contribution in [0, 0.1) is 10.1 Å². The van der Waals surface area contributed by atoms with Crippen LogP contribution in [0.25, 0.3) is 0 Å². The van der Waals surface area contributed by atoms with E-state index in [1.165, 1.54) is 11.9 Å². The van der Waals surface area contributed by atoms with Crippen LogP contribution in [0.4, 0.5) is 17.3 Å². The van der Waals surface area contributed by atoms with Gasteiger partial charge in [0.1, 0.15) is 6.33 Å². The summed E-state index contributed by atoms with van der Waals surface area (Å²) < 4.78 is 0. The van der Waals surface area contributed by atoms with Crippen LogP contribution < -0.4 is 10.6 Å². The third kappa shape index (κ3) is 3.25. The van der Waals surface area contributed by atoms with Crippen molar-refractivity contribution in [3.63, 3.8) is 0 Å². The number of nitro groups is 1. The van der Waals surface area contributed by atoms with Crippen molar-refractivity contribution in [1.29, 1.82) is 0 Å². The van der Waals surface area contributed by atoms with Crippen LogP contribution in [0.5, 0.6) is 0 Å². The molecule has 7 heteroatoms.